The largest absolute Gasteiger partial charge is 0.358 e. The van der Waals surface area contributed by atoms with Gasteiger partial charge in [0.05, 0.1) is 33.6 Å². The molecule has 0 fully saturated rings. The number of aromatic amines is 2. The van der Waals surface area contributed by atoms with E-state index in [2.05, 4.69) is 19.9 Å². The first-order valence-corrected chi connectivity index (χ1v) is 10.2. The molecule has 0 aliphatic carbocycles. The van der Waals surface area contributed by atoms with Crippen LogP contribution >= 0.6 is 7.60 Å². The number of hydrogen-bond donors (Lipinski definition) is 4. The predicted molar refractivity (Wildman–Crippen MR) is 111 cm³/mol. The minimum Gasteiger partial charge on any atom is -0.355 e. The molecule has 3 aromatic rings. The van der Waals surface area contributed by atoms with Gasteiger partial charge in [0.15, 0.2) is 0 Å². The molecule has 29 heavy (non-hydrogen) atoms. The maximum atomic E-state index is 11.9. The Labute approximate surface area is 175 Å². The van der Waals surface area contributed by atoms with Crippen molar-refractivity contribution in [1.29, 1.82) is 0 Å². The van der Waals surface area contributed by atoms with E-state index in [-0.39, 0.29) is 22.1 Å². The van der Waals surface area contributed by atoms with Crippen LogP contribution in [0.1, 0.15) is 22.8 Å². The van der Waals surface area contributed by atoms with Gasteiger partial charge in [-0.15, -0.1) is 0 Å². The summed E-state index contributed by atoms with van der Waals surface area (Å²) in [7, 11) is -4.45. The summed E-state index contributed by atoms with van der Waals surface area (Å²) in [6.07, 6.45) is 7.49. The average Bonchev–Trinajstić information content (AvgIpc) is 3.38. The van der Waals surface area contributed by atoms with Gasteiger partial charge in [0.25, 0.3) is 0 Å². The molecule has 1 radical (unpaired) electrons. The number of nitrogens with zero attached hydrogens (tertiary/aromatic N) is 2. The van der Waals surface area contributed by atoms with E-state index in [9.17, 15) is 14.4 Å². The van der Waals surface area contributed by atoms with Crippen molar-refractivity contribution in [2.24, 2.45) is 0 Å². The Morgan fingerprint density at radius 3 is 1.86 bits per heavy atom. The second kappa shape index (κ2) is 7.26. The number of H-pyrrole nitrogens is 2. The van der Waals surface area contributed by atoms with Crippen molar-refractivity contribution < 1.29 is 31.1 Å². The Balaban J connectivity index is 0.00000205. The summed E-state index contributed by atoms with van der Waals surface area (Å²) in [6, 6.07) is 12.5. The third kappa shape index (κ3) is 4.03. The van der Waals surface area contributed by atoms with Crippen molar-refractivity contribution in [2.75, 3.05) is 0 Å². The Hall–Kier alpha value is -2.74. The van der Waals surface area contributed by atoms with E-state index in [1.807, 2.05) is 42.5 Å². The Bertz CT molecular complexity index is 1380. The third-order valence-electron chi connectivity index (χ3n) is 4.46. The van der Waals surface area contributed by atoms with E-state index in [0.29, 0.717) is 16.7 Å². The molecule has 2 aliphatic heterocycles. The second-order valence-corrected chi connectivity index (χ2v) is 8.17. The van der Waals surface area contributed by atoms with Gasteiger partial charge in [-0.25, -0.2) is 9.97 Å². The van der Waals surface area contributed by atoms with Gasteiger partial charge in [-0.1, -0.05) is 0 Å². The van der Waals surface area contributed by atoms with Gasteiger partial charge in [-0.05, 0) is 66.8 Å². The molecule has 147 valence electrons. The Morgan fingerprint density at radius 2 is 1.24 bits per heavy atom. The van der Waals surface area contributed by atoms with Crippen LogP contribution in [0.2, 0.25) is 0 Å². The molecule has 5 rings (SSSR count). The Morgan fingerprint density at radius 1 is 0.690 bits per heavy atom. The van der Waals surface area contributed by atoms with Gasteiger partial charge < -0.3 is 19.8 Å². The molecular weight excluding hydrogens is 434 g/mol. The molecular formula is C20H15CoN4O3P. The zero-order chi connectivity index (χ0) is 19.3. The van der Waals surface area contributed by atoms with Crippen molar-refractivity contribution in [3.63, 3.8) is 0 Å². The molecule has 0 aromatic carbocycles. The average molecular weight is 449 g/mol. The van der Waals surface area contributed by atoms with Gasteiger partial charge in [0.1, 0.15) is 0 Å². The van der Waals surface area contributed by atoms with Crippen molar-refractivity contribution >= 4 is 59.3 Å². The van der Waals surface area contributed by atoms with Crippen molar-refractivity contribution in [3.8, 4) is 0 Å². The van der Waals surface area contributed by atoms with E-state index >= 15 is 0 Å². The fourth-order valence-electron chi connectivity index (χ4n) is 3.24. The fourth-order valence-corrected chi connectivity index (χ4v) is 3.99. The van der Waals surface area contributed by atoms with Gasteiger partial charge in [0, 0.05) is 33.3 Å². The molecule has 0 amide bonds. The van der Waals surface area contributed by atoms with Crippen molar-refractivity contribution in [1.82, 2.24) is 19.9 Å². The first-order valence-electron chi connectivity index (χ1n) is 8.57. The van der Waals surface area contributed by atoms with Crippen molar-refractivity contribution in [3.05, 3.63) is 65.2 Å². The van der Waals surface area contributed by atoms with E-state index in [0.717, 1.165) is 28.1 Å². The van der Waals surface area contributed by atoms with Crippen LogP contribution in [-0.2, 0) is 21.3 Å². The maximum Gasteiger partial charge on any atom is 0.358 e. The summed E-state index contributed by atoms with van der Waals surface area (Å²) >= 11 is 0. The quantitative estimate of drug-likeness (QED) is 0.293. The van der Waals surface area contributed by atoms with Crippen LogP contribution in [-0.4, -0.2) is 29.7 Å². The van der Waals surface area contributed by atoms with Gasteiger partial charge in [-0.2, -0.15) is 0 Å². The summed E-state index contributed by atoms with van der Waals surface area (Å²) in [5, 5.41) is -0.0585. The van der Waals surface area contributed by atoms with Crippen LogP contribution in [0, 0.1) is 0 Å². The van der Waals surface area contributed by atoms with Gasteiger partial charge >= 0.3 is 7.60 Å². The number of rotatable bonds is 1. The van der Waals surface area contributed by atoms with E-state index < -0.39 is 7.60 Å². The molecule has 0 unspecified atom stereocenters. The van der Waals surface area contributed by atoms with Gasteiger partial charge in [0.2, 0.25) is 0 Å². The molecule has 0 saturated heterocycles. The van der Waals surface area contributed by atoms with Gasteiger partial charge in [-0.3, -0.25) is 4.57 Å². The molecule has 0 spiro atoms. The summed E-state index contributed by atoms with van der Waals surface area (Å²) in [5.41, 5.74) is 5.54. The number of aromatic nitrogens is 4. The number of fused-ring (bicyclic) bond motifs is 8. The summed E-state index contributed by atoms with van der Waals surface area (Å²) in [4.78, 5) is 34.8. The van der Waals surface area contributed by atoms with Crippen LogP contribution in [0.15, 0.2) is 42.5 Å². The van der Waals surface area contributed by atoms with Crippen LogP contribution in [0.3, 0.4) is 0 Å². The molecule has 5 heterocycles. The Kier molecular flexibility index (Phi) is 4.90. The van der Waals surface area contributed by atoms with Crippen molar-refractivity contribution in [2.45, 2.75) is 0 Å². The summed E-state index contributed by atoms with van der Waals surface area (Å²) < 4.78 is 11.9. The fraction of sp³-hybridized carbons (Fsp3) is 0. The molecule has 4 N–H and O–H groups in total. The molecule has 0 atom stereocenters. The normalized spacial score (nSPS) is 12.8. The number of nitrogens with one attached hydrogen (secondary N) is 2. The summed E-state index contributed by atoms with van der Waals surface area (Å²) in [6.45, 7) is 0. The first-order chi connectivity index (χ1) is 13.4. The maximum absolute atomic E-state index is 11.9. The van der Waals surface area contributed by atoms with E-state index in [4.69, 9.17) is 0 Å². The van der Waals surface area contributed by atoms with Crippen LogP contribution < -0.4 is 5.30 Å². The second-order valence-electron chi connectivity index (χ2n) is 6.60. The third-order valence-corrected chi connectivity index (χ3v) is 5.46. The van der Waals surface area contributed by atoms with Crippen LogP contribution in [0.4, 0.5) is 0 Å². The molecule has 0 saturated carbocycles. The smallest absolute Gasteiger partial charge is 0.355 e. The van der Waals surface area contributed by atoms with Crippen LogP contribution in [0.5, 0.6) is 0 Å². The molecule has 2 aliphatic rings. The monoisotopic (exact) mass is 449 g/mol. The SMILES string of the molecule is O=P(O)(O)c1cc2cc3ccc(cc4nc(cc5nc(cc1[nH]2)C=C5)C=C4)[nH]3.[Co]. The standard InChI is InChI=1S/C20H15N4O3P.Co/c25-28(26,27)20-11-18-9-16-4-3-14(22-16)7-12-1-2-13(21-12)8-15-5-6-17(23-15)10-19(20)24-18;/h1-11,22,24H,(H2,25,26,27);. The molecule has 7 nitrogen and oxygen atoms in total. The molecule has 9 heteroatoms. The zero-order valence-electron chi connectivity index (χ0n) is 14.8. The first kappa shape index (κ1) is 19.6. The minimum absolute atomic E-state index is 0. The summed E-state index contributed by atoms with van der Waals surface area (Å²) in [5.74, 6) is 0. The number of hydrogen-bond acceptors (Lipinski definition) is 3. The minimum atomic E-state index is -4.45. The van der Waals surface area contributed by atoms with Crippen LogP contribution in [0.25, 0.3) is 46.4 Å². The topological polar surface area (TPSA) is 115 Å². The molecule has 3 aromatic heterocycles. The zero-order valence-corrected chi connectivity index (χ0v) is 16.8. The predicted octanol–water partition coefficient (Wildman–Crippen LogP) is 3.46. The van der Waals surface area contributed by atoms with E-state index in [1.54, 1.807) is 18.2 Å². The molecule has 8 bridgehead atoms. The van der Waals surface area contributed by atoms with E-state index in [1.165, 1.54) is 6.07 Å².